The molecule has 114 valence electrons. The van der Waals surface area contributed by atoms with E-state index >= 15 is 0 Å². The molecule has 5 heteroatoms. The summed E-state index contributed by atoms with van der Waals surface area (Å²) in [6.45, 7) is 2.93. The van der Waals surface area contributed by atoms with Crippen LogP contribution in [-0.4, -0.2) is 21.7 Å². The Morgan fingerprint density at radius 2 is 1.86 bits per heavy atom. The standard InChI is InChI=1S/C16H22N2O3/c1-3-21-15(19)11-5-4-8-12-18-14-10-7-6-9-13(14)17(2)16(18)20/h6-7,9-10H,3-5,8,11-12H2,1-2H3. The van der Waals surface area contributed by atoms with Crippen LogP contribution in [0.15, 0.2) is 29.1 Å². The zero-order valence-corrected chi connectivity index (χ0v) is 12.7. The summed E-state index contributed by atoms with van der Waals surface area (Å²) in [4.78, 5) is 23.4. The van der Waals surface area contributed by atoms with Gasteiger partial charge in [0.1, 0.15) is 0 Å². The number of ether oxygens (including phenoxy) is 1. The molecule has 0 radical (unpaired) electrons. The van der Waals surface area contributed by atoms with Gasteiger partial charge in [-0.05, 0) is 31.9 Å². The Balaban J connectivity index is 1.91. The molecule has 0 unspecified atom stereocenters. The van der Waals surface area contributed by atoms with E-state index in [1.54, 1.807) is 16.2 Å². The van der Waals surface area contributed by atoms with Crippen LogP contribution in [0.1, 0.15) is 32.6 Å². The molecule has 0 atom stereocenters. The lowest BCUT2D eigenvalue weighted by Crippen LogP contribution is -2.22. The monoisotopic (exact) mass is 290 g/mol. The molecular weight excluding hydrogens is 268 g/mol. The van der Waals surface area contributed by atoms with E-state index in [1.807, 2.05) is 31.2 Å². The number of fused-ring (bicyclic) bond motifs is 1. The van der Waals surface area contributed by atoms with Crippen LogP contribution in [0, 0.1) is 0 Å². The molecule has 0 fully saturated rings. The van der Waals surface area contributed by atoms with Crippen molar-refractivity contribution in [1.29, 1.82) is 0 Å². The molecule has 0 saturated heterocycles. The first kappa shape index (κ1) is 15.4. The SMILES string of the molecule is CCOC(=O)CCCCCn1c(=O)n(C)c2ccccc21. The summed E-state index contributed by atoms with van der Waals surface area (Å²) >= 11 is 0. The summed E-state index contributed by atoms with van der Waals surface area (Å²) in [5, 5.41) is 0. The number of unbranched alkanes of at least 4 members (excludes halogenated alkanes) is 2. The van der Waals surface area contributed by atoms with Crippen LogP contribution in [0.4, 0.5) is 0 Å². The van der Waals surface area contributed by atoms with Crippen molar-refractivity contribution in [3.8, 4) is 0 Å². The Labute approximate surface area is 124 Å². The topological polar surface area (TPSA) is 53.2 Å². The van der Waals surface area contributed by atoms with Crippen LogP contribution >= 0.6 is 0 Å². The molecule has 1 aromatic heterocycles. The third-order valence-electron chi connectivity index (χ3n) is 3.62. The maximum absolute atomic E-state index is 12.2. The highest BCUT2D eigenvalue weighted by molar-refractivity contribution is 5.75. The average Bonchev–Trinajstić information content (AvgIpc) is 2.72. The normalized spacial score (nSPS) is 11.0. The second-order valence-electron chi connectivity index (χ2n) is 5.10. The number of esters is 1. The van der Waals surface area contributed by atoms with E-state index < -0.39 is 0 Å². The first-order valence-electron chi connectivity index (χ1n) is 7.45. The van der Waals surface area contributed by atoms with E-state index in [1.165, 1.54) is 0 Å². The number of benzene rings is 1. The molecule has 21 heavy (non-hydrogen) atoms. The van der Waals surface area contributed by atoms with Gasteiger partial charge < -0.3 is 4.74 Å². The van der Waals surface area contributed by atoms with Crippen LogP contribution in [0.3, 0.4) is 0 Å². The van der Waals surface area contributed by atoms with E-state index in [0.717, 1.165) is 30.3 Å². The smallest absolute Gasteiger partial charge is 0.328 e. The fourth-order valence-corrected chi connectivity index (χ4v) is 2.53. The van der Waals surface area contributed by atoms with Crippen LogP contribution in [0.25, 0.3) is 11.0 Å². The van der Waals surface area contributed by atoms with Gasteiger partial charge in [0, 0.05) is 20.0 Å². The van der Waals surface area contributed by atoms with Crippen LogP contribution in [-0.2, 0) is 23.1 Å². The number of imidazole rings is 1. The lowest BCUT2D eigenvalue weighted by molar-refractivity contribution is -0.143. The minimum Gasteiger partial charge on any atom is -0.466 e. The Hall–Kier alpha value is -2.04. The predicted molar refractivity (Wildman–Crippen MR) is 82.3 cm³/mol. The Kier molecular flexibility index (Phi) is 5.20. The van der Waals surface area contributed by atoms with Gasteiger partial charge in [0.2, 0.25) is 0 Å². The van der Waals surface area contributed by atoms with Crippen molar-refractivity contribution >= 4 is 17.0 Å². The number of hydrogen-bond acceptors (Lipinski definition) is 3. The highest BCUT2D eigenvalue weighted by atomic mass is 16.5. The Morgan fingerprint density at radius 3 is 2.57 bits per heavy atom. The quantitative estimate of drug-likeness (QED) is 0.581. The Morgan fingerprint density at radius 1 is 1.14 bits per heavy atom. The molecule has 1 aromatic carbocycles. The van der Waals surface area contributed by atoms with Crippen LogP contribution in [0.5, 0.6) is 0 Å². The maximum atomic E-state index is 12.2. The van der Waals surface area contributed by atoms with Gasteiger partial charge in [0.25, 0.3) is 0 Å². The van der Waals surface area contributed by atoms with Gasteiger partial charge in [-0.3, -0.25) is 13.9 Å². The van der Waals surface area contributed by atoms with Crippen molar-refractivity contribution in [3.05, 3.63) is 34.7 Å². The minimum absolute atomic E-state index is 0.0154. The van der Waals surface area contributed by atoms with Gasteiger partial charge in [-0.15, -0.1) is 0 Å². The molecule has 0 spiro atoms. The molecule has 5 nitrogen and oxygen atoms in total. The van der Waals surface area contributed by atoms with E-state index in [0.29, 0.717) is 19.6 Å². The van der Waals surface area contributed by atoms with Crippen molar-refractivity contribution in [3.63, 3.8) is 0 Å². The molecule has 0 aliphatic rings. The number of aryl methyl sites for hydroxylation is 2. The molecule has 0 saturated carbocycles. The summed E-state index contributed by atoms with van der Waals surface area (Å²) in [6.07, 6.45) is 3.05. The lowest BCUT2D eigenvalue weighted by Gasteiger charge is -2.04. The van der Waals surface area contributed by atoms with E-state index in [2.05, 4.69) is 0 Å². The number of hydrogen-bond donors (Lipinski definition) is 0. The predicted octanol–water partition coefficient (Wildman–Crippen LogP) is 2.46. The van der Waals surface area contributed by atoms with E-state index in [-0.39, 0.29) is 11.7 Å². The fraction of sp³-hybridized carbons (Fsp3) is 0.500. The molecule has 0 amide bonds. The molecule has 0 bridgehead atoms. The summed E-state index contributed by atoms with van der Waals surface area (Å²) in [5.74, 6) is -0.139. The molecule has 2 aromatic rings. The fourth-order valence-electron chi connectivity index (χ4n) is 2.53. The highest BCUT2D eigenvalue weighted by Gasteiger charge is 2.09. The molecular formula is C16H22N2O3. The maximum Gasteiger partial charge on any atom is 0.328 e. The molecule has 1 heterocycles. The average molecular weight is 290 g/mol. The molecule has 0 N–H and O–H groups in total. The Bertz CT molecular complexity index is 670. The van der Waals surface area contributed by atoms with Gasteiger partial charge in [-0.1, -0.05) is 18.6 Å². The number of para-hydroxylation sites is 2. The number of aromatic nitrogens is 2. The number of carbonyl (C=O) groups excluding carboxylic acids is 1. The largest absolute Gasteiger partial charge is 0.466 e. The molecule has 0 aliphatic heterocycles. The van der Waals surface area contributed by atoms with Gasteiger partial charge in [0.05, 0.1) is 17.6 Å². The molecule has 0 aliphatic carbocycles. The first-order chi connectivity index (χ1) is 10.1. The number of carbonyl (C=O) groups is 1. The minimum atomic E-state index is -0.139. The van der Waals surface area contributed by atoms with Crippen molar-refractivity contribution in [2.45, 2.75) is 39.2 Å². The van der Waals surface area contributed by atoms with Crippen molar-refractivity contribution in [2.75, 3.05) is 6.61 Å². The van der Waals surface area contributed by atoms with Crippen molar-refractivity contribution < 1.29 is 9.53 Å². The third-order valence-corrected chi connectivity index (χ3v) is 3.62. The van der Waals surface area contributed by atoms with E-state index in [4.69, 9.17) is 4.74 Å². The zero-order valence-electron chi connectivity index (χ0n) is 12.7. The van der Waals surface area contributed by atoms with Gasteiger partial charge in [0.15, 0.2) is 0 Å². The summed E-state index contributed by atoms with van der Waals surface area (Å²) in [7, 11) is 1.79. The first-order valence-corrected chi connectivity index (χ1v) is 7.45. The lowest BCUT2D eigenvalue weighted by atomic mass is 10.2. The summed E-state index contributed by atoms with van der Waals surface area (Å²) < 4.78 is 8.37. The van der Waals surface area contributed by atoms with Crippen molar-refractivity contribution in [1.82, 2.24) is 9.13 Å². The highest BCUT2D eigenvalue weighted by Crippen LogP contribution is 2.12. The summed E-state index contributed by atoms with van der Waals surface area (Å²) in [6, 6.07) is 7.80. The van der Waals surface area contributed by atoms with E-state index in [9.17, 15) is 9.59 Å². The van der Waals surface area contributed by atoms with Gasteiger partial charge in [-0.25, -0.2) is 4.79 Å². The van der Waals surface area contributed by atoms with Gasteiger partial charge >= 0.3 is 11.7 Å². The summed E-state index contributed by atoms with van der Waals surface area (Å²) in [5.41, 5.74) is 1.94. The van der Waals surface area contributed by atoms with Crippen LogP contribution < -0.4 is 5.69 Å². The number of nitrogens with zero attached hydrogens (tertiary/aromatic N) is 2. The second-order valence-corrected chi connectivity index (χ2v) is 5.10. The van der Waals surface area contributed by atoms with Gasteiger partial charge in [-0.2, -0.15) is 0 Å². The third kappa shape index (κ3) is 3.54. The number of rotatable bonds is 7. The molecule has 2 rings (SSSR count). The second kappa shape index (κ2) is 7.11. The van der Waals surface area contributed by atoms with Crippen molar-refractivity contribution in [2.24, 2.45) is 7.05 Å². The zero-order chi connectivity index (χ0) is 15.2. The van der Waals surface area contributed by atoms with Crippen LogP contribution in [0.2, 0.25) is 0 Å².